The number of phosphoric acid groups is 6. The maximum Gasteiger partial charge on any atom is 0.472 e. The van der Waals surface area contributed by atoms with E-state index in [-0.39, 0.29) is 46.1 Å². The number of nitrogens with zero attached hydrogens (tertiary/aromatic N) is 10. The van der Waals surface area contributed by atoms with Gasteiger partial charge in [-0.15, -0.1) is 0 Å². The van der Waals surface area contributed by atoms with Gasteiger partial charge in [0, 0.05) is 111 Å². The van der Waals surface area contributed by atoms with E-state index in [1.165, 1.54) is 46.0 Å². The molecule has 6 unspecified atom stereocenters. The van der Waals surface area contributed by atoms with E-state index >= 15 is 0 Å². The lowest BCUT2D eigenvalue weighted by Gasteiger charge is -2.26. The third kappa shape index (κ3) is 26.2. The highest BCUT2D eigenvalue weighted by Gasteiger charge is 2.53. The zero-order chi connectivity index (χ0) is 100. The molecule has 0 amide bonds. The molecule has 7 fully saturated rings. The summed E-state index contributed by atoms with van der Waals surface area (Å²) in [5.74, 6) is -0.665. The van der Waals surface area contributed by atoms with Crippen LogP contribution in [0, 0.1) is 27.7 Å². The minimum absolute atomic E-state index is 0.0221. The van der Waals surface area contributed by atoms with Gasteiger partial charge >= 0.3 is 93.5 Å². The number of hydrogen-bond acceptors (Lipinski definition) is 45. The van der Waals surface area contributed by atoms with Crippen molar-refractivity contribution in [1.82, 2.24) is 66.9 Å². The largest absolute Gasteiger partial charge is 0.472 e. The van der Waals surface area contributed by atoms with Crippen molar-refractivity contribution >= 4 is 82.9 Å². The van der Waals surface area contributed by atoms with Gasteiger partial charge in [0.25, 0.3) is 22.2 Å². The Morgan fingerprint density at radius 2 is 0.536 bits per heavy atom. The molecule has 19 N–H and O–H groups in total. The molecular formula is C67H90N17O46P7S. The van der Waals surface area contributed by atoms with Crippen LogP contribution in [-0.4, -0.2) is 243 Å². The molecule has 0 aromatic carbocycles. The molecule has 7 aromatic rings. The smallest absolute Gasteiger partial charge is 0.394 e. The molecule has 7 aliphatic rings. The highest BCUT2D eigenvalue weighted by atomic mass is 32.5. The topological polar surface area (TPSA) is 871 Å². The standard InChI is InChI=1S/C67H90N17O46P7S/c1-29-18-81(64(93)74-57(29)86)53-12-34(124-131(97,98)99)46(123-53)28-116-137(110,138)130-39-17-56(84-21-32(4)60(89)77-67(84)96)122-45(39)27-115-136(108,109)129-38-16-55(83-20-31(3)59(88)76-66(83)95)121-44(38)26-114-135(106,107)128-37-15-54(82-19-30(2)58(87)75-65(82)94)120-43(37)25-113-134(104,105)127-36-14-52(80-10-7-49(70)73-63(80)92)119-42(36)24-112-133(102,103)126-35-13-51(79-9-6-48(69)72-62(79)91)118-41(35)23-111-132(100,101)125-33-11-50(117-40(33)22-85)78-8-5-47(68)71-61(78)90/h5-10,18-21,33-46,50-56,85H,11-17,22-28H2,1-4H3,(H,100,101)(H,102,103)(H,104,105)(H,106,107)(H,108,109)(H,110,138)(H2,68,71,90)(H2,69,72,91)(H2,70,73,92)(H,74,86,93)(H,75,87,94)(H,76,88,95)(H,77,89,96)(H2,97,98,99)/t33-,34-,35-,36-,37-,38-,39-,40+,41+,42+,43+,44+,45+,46+,50+,51+,52+,53+,54+,55+,56+,137?/m0/s1. The molecule has 7 aromatic heterocycles. The van der Waals surface area contributed by atoms with Crippen LogP contribution >= 0.6 is 53.7 Å². The summed E-state index contributed by atoms with van der Waals surface area (Å²) in [6.07, 6.45) is -31.0. The van der Waals surface area contributed by atoms with Crippen molar-refractivity contribution in [2.45, 2.75) is 202 Å². The van der Waals surface area contributed by atoms with Crippen LogP contribution in [-0.2, 0) is 131 Å². The van der Waals surface area contributed by atoms with Crippen LogP contribution in [0.4, 0.5) is 17.5 Å². The molecule has 7 saturated heterocycles. The number of nitrogen functional groups attached to an aromatic ring is 3. The third-order valence-electron chi connectivity index (χ3n) is 22.0. The van der Waals surface area contributed by atoms with Gasteiger partial charge in [0.2, 0.25) is 0 Å². The molecule has 63 nitrogen and oxygen atoms in total. The lowest BCUT2D eigenvalue weighted by molar-refractivity contribution is -0.0658. The lowest BCUT2D eigenvalue weighted by atomic mass is 10.2. The molecule has 14 heterocycles. The summed E-state index contributed by atoms with van der Waals surface area (Å²) >= 11 is 5.33. The number of nitrogens with one attached hydrogen (secondary N) is 4. The lowest BCUT2D eigenvalue weighted by Crippen LogP contribution is -2.33. The minimum Gasteiger partial charge on any atom is -0.394 e. The summed E-state index contributed by atoms with van der Waals surface area (Å²) in [4.78, 5) is 250. The van der Waals surface area contributed by atoms with Crippen LogP contribution in [0.2, 0.25) is 0 Å². The van der Waals surface area contributed by atoms with E-state index in [9.17, 15) is 124 Å². The zero-order valence-electron chi connectivity index (χ0n) is 71.7. The molecule has 0 aliphatic carbocycles. The quantitative estimate of drug-likeness (QED) is 0.0166. The van der Waals surface area contributed by atoms with Gasteiger partial charge < -0.3 is 104 Å². The van der Waals surface area contributed by atoms with Gasteiger partial charge in [-0.3, -0.25) is 121 Å². The van der Waals surface area contributed by atoms with Crippen molar-refractivity contribution in [3.05, 3.63) is 199 Å². The van der Waals surface area contributed by atoms with Crippen LogP contribution < -0.4 is 79.3 Å². The summed E-state index contributed by atoms with van der Waals surface area (Å²) in [5, 5.41) is 10.1. The molecular weight excluding hydrogens is 2030 g/mol. The van der Waals surface area contributed by atoms with E-state index in [2.05, 4.69) is 24.9 Å². The van der Waals surface area contributed by atoms with Gasteiger partial charge in [-0.2, -0.15) is 15.0 Å². The number of ether oxygens (including phenoxy) is 7. The molecule has 71 heteroatoms. The molecule has 760 valence electrons. The predicted molar refractivity (Wildman–Crippen MR) is 457 cm³/mol. The van der Waals surface area contributed by atoms with E-state index in [4.69, 9.17) is 121 Å². The van der Waals surface area contributed by atoms with Crippen LogP contribution in [0.1, 0.15) is 111 Å². The Morgan fingerprint density at radius 1 is 0.333 bits per heavy atom. The van der Waals surface area contributed by atoms with Crippen molar-refractivity contribution in [2.24, 2.45) is 0 Å². The van der Waals surface area contributed by atoms with Crippen LogP contribution in [0.15, 0.2) is 114 Å². The Bertz CT molecular complexity index is 6810. The summed E-state index contributed by atoms with van der Waals surface area (Å²) in [6, 6.07) is 3.57. The number of aromatic amines is 4. The first-order chi connectivity index (χ1) is 64.6. The van der Waals surface area contributed by atoms with E-state index in [0.717, 1.165) is 75.2 Å². The van der Waals surface area contributed by atoms with Crippen molar-refractivity contribution < 1.29 is 164 Å². The second kappa shape index (κ2) is 42.3. The van der Waals surface area contributed by atoms with E-state index in [1.54, 1.807) is 0 Å². The number of hydrogen-bond donors (Lipinski definition) is 16. The minimum atomic E-state index is -5.78. The Morgan fingerprint density at radius 3 is 0.761 bits per heavy atom. The van der Waals surface area contributed by atoms with Gasteiger partial charge in [-0.05, 0) is 57.7 Å². The van der Waals surface area contributed by atoms with E-state index in [0.29, 0.717) is 0 Å². The average Bonchev–Trinajstić information content (AvgIpc) is 1.66. The molecule has 14 rings (SSSR count). The third-order valence-corrected chi connectivity index (χ3v) is 29.2. The van der Waals surface area contributed by atoms with Gasteiger partial charge in [-0.1, -0.05) is 0 Å². The highest BCUT2D eigenvalue weighted by Crippen LogP contribution is 2.58. The predicted octanol–water partition coefficient (Wildman–Crippen LogP) is -3.45. The Kier molecular flexibility index (Phi) is 32.3. The number of aliphatic hydroxyl groups is 1. The second-order valence-electron chi connectivity index (χ2n) is 31.9. The molecule has 0 saturated carbocycles. The zero-order valence-corrected chi connectivity index (χ0v) is 78.7. The fourth-order valence-corrected chi connectivity index (χ4v) is 22.3. The van der Waals surface area contributed by atoms with Gasteiger partial charge in [0.15, 0.2) is 0 Å². The van der Waals surface area contributed by atoms with Crippen LogP contribution in [0.25, 0.3) is 0 Å². The number of aliphatic hydroxyl groups excluding tert-OH is 1. The fraction of sp³-hybridized carbons (Fsp3) is 0.582. The van der Waals surface area contributed by atoms with Crippen molar-refractivity contribution in [1.29, 1.82) is 0 Å². The SMILES string of the molecule is Cc1cn([C@H]2C[C@H](OP(=O)(O)O)[C@@H](COP(O)(=S)O[C@H]3C[C@H](n4cc(C)c(=O)[nH]c4=O)O[C@@H]3COP(=O)(O)O[C@H]3C[C@H](n4cc(C)c(=O)[nH]c4=O)O[C@@H]3COP(=O)(O)O[C@H]3C[C@H](n4cc(C)c(=O)[nH]c4=O)O[C@@H]3COP(=O)(O)O[C@H]3C[C@H](n4ccc(N)nc4=O)O[C@@H]3COP(=O)(O)O[C@H]3C[C@H](n4ccc(N)nc4=O)O[C@@H]3COP(=O)(O)O[C@H]3C[C@H](n4ccc(N)nc4=O)O[C@@H]3CO)O2)c(=O)[nH]c1=O. The number of aromatic nitrogens is 14. The summed E-state index contributed by atoms with van der Waals surface area (Å²) in [5.41, 5.74) is 6.18. The monoisotopic (exact) mass is 2120 g/mol. The number of nitrogens with two attached hydrogens (primary N) is 3. The number of anilines is 3. The summed E-state index contributed by atoms with van der Waals surface area (Å²) in [6.45, 7) is -7.15. The van der Waals surface area contributed by atoms with E-state index < -0.39 is 330 Å². The van der Waals surface area contributed by atoms with Crippen molar-refractivity contribution in [3.63, 3.8) is 0 Å². The summed E-state index contributed by atoms with van der Waals surface area (Å²) < 4.78 is 202. The molecule has 138 heavy (non-hydrogen) atoms. The van der Waals surface area contributed by atoms with Crippen molar-refractivity contribution in [3.8, 4) is 0 Å². The summed E-state index contributed by atoms with van der Waals surface area (Å²) in [7, 11) is -33.5. The highest BCUT2D eigenvalue weighted by molar-refractivity contribution is 8.07. The number of rotatable bonds is 40. The van der Waals surface area contributed by atoms with Crippen LogP contribution in [0.5, 0.6) is 0 Å². The number of aryl methyl sites for hydroxylation is 4. The van der Waals surface area contributed by atoms with Gasteiger partial charge in [-0.25, -0.2) is 61.0 Å². The molecule has 27 atom stereocenters. The first-order valence-corrected chi connectivity index (χ1v) is 52.4. The van der Waals surface area contributed by atoms with Gasteiger partial charge in [0.1, 0.15) is 140 Å². The number of phosphoric ester groups is 6. The molecule has 0 radical (unpaired) electrons. The van der Waals surface area contributed by atoms with Crippen LogP contribution in [0.3, 0.4) is 0 Å². The Labute approximate surface area is 773 Å². The maximum absolute atomic E-state index is 14.5. The second-order valence-corrected chi connectivity index (χ2v) is 42.9. The van der Waals surface area contributed by atoms with E-state index in [1.807, 2.05) is 9.97 Å². The van der Waals surface area contributed by atoms with Crippen molar-refractivity contribution in [2.75, 3.05) is 63.4 Å². The van der Waals surface area contributed by atoms with Gasteiger partial charge in [0.05, 0.1) is 52.4 Å². The first-order valence-electron chi connectivity index (χ1n) is 40.8. The number of H-pyrrole nitrogens is 4. The average molecular weight is 2120 g/mol. The molecule has 0 bridgehead atoms. The Hall–Kier alpha value is -8.37. The molecule has 0 spiro atoms. The first kappa shape index (κ1) is 105. The molecule has 7 aliphatic heterocycles. The normalized spacial score (nSPS) is 30.0. The fourth-order valence-electron chi connectivity index (χ4n) is 15.5. The Balaban J connectivity index is 0.658. The maximum atomic E-state index is 14.5.